The Morgan fingerprint density at radius 1 is 1.56 bits per heavy atom. The minimum atomic E-state index is -0.296. The summed E-state index contributed by atoms with van der Waals surface area (Å²) < 4.78 is 5.28. The zero-order valence-corrected chi connectivity index (χ0v) is 11.7. The summed E-state index contributed by atoms with van der Waals surface area (Å²) in [6.07, 6.45) is 2.21. The molecule has 0 bridgehead atoms. The highest BCUT2D eigenvalue weighted by atomic mass is 32.1. The Labute approximate surface area is 114 Å². The molecule has 1 heterocycles. The molecule has 3 N–H and O–H groups in total. The fourth-order valence-corrected chi connectivity index (χ4v) is 2.19. The Balaban J connectivity index is 2.07. The SMILES string of the molecule is C[C@@H]([CH]C(=S)NCCN1CCOCC1)CC(N)=O. The maximum Gasteiger partial charge on any atom is 0.217 e. The molecule has 1 aliphatic heterocycles. The van der Waals surface area contributed by atoms with E-state index in [-0.39, 0.29) is 11.8 Å². The van der Waals surface area contributed by atoms with E-state index in [0.717, 1.165) is 39.4 Å². The van der Waals surface area contributed by atoms with Gasteiger partial charge in [0, 0.05) is 39.0 Å². The second-order valence-corrected chi connectivity index (χ2v) is 5.00. The summed E-state index contributed by atoms with van der Waals surface area (Å²) >= 11 is 5.19. The first kappa shape index (κ1) is 15.3. The van der Waals surface area contributed by atoms with Crippen LogP contribution in [0.3, 0.4) is 0 Å². The molecule has 6 heteroatoms. The van der Waals surface area contributed by atoms with Gasteiger partial charge >= 0.3 is 0 Å². The Hall–Kier alpha value is -0.720. The molecular formula is C12H22N3O2S. The summed E-state index contributed by atoms with van der Waals surface area (Å²) in [6.45, 7) is 7.30. The zero-order valence-electron chi connectivity index (χ0n) is 10.9. The van der Waals surface area contributed by atoms with Crippen molar-refractivity contribution >= 4 is 23.1 Å². The van der Waals surface area contributed by atoms with Crippen LogP contribution in [-0.2, 0) is 9.53 Å². The van der Waals surface area contributed by atoms with Crippen molar-refractivity contribution in [1.29, 1.82) is 0 Å². The lowest BCUT2D eigenvalue weighted by Crippen LogP contribution is -2.41. The number of nitrogens with one attached hydrogen (secondary N) is 1. The Kier molecular flexibility index (Phi) is 7.15. The number of carbonyl (C=O) groups is 1. The summed E-state index contributed by atoms with van der Waals surface area (Å²) in [6, 6.07) is 0. The molecule has 0 spiro atoms. The first-order chi connectivity index (χ1) is 8.58. The molecule has 0 aromatic heterocycles. The molecule has 5 nitrogen and oxygen atoms in total. The summed E-state index contributed by atoms with van der Waals surface area (Å²) in [5.74, 6) is -0.208. The van der Waals surface area contributed by atoms with Crippen molar-refractivity contribution in [2.45, 2.75) is 13.3 Å². The molecule has 0 aromatic rings. The van der Waals surface area contributed by atoms with Crippen LogP contribution in [0.2, 0.25) is 0 Å². The number of amides is 1. The smallest absolute Gasteiger partial charge is 0.217 e. The highest BCUT2D eigenvalue weighted by molar-refractivity contribution is 7.80. The lowest BCUT2D eigenvalue weighted by Gasteiger charge is -2.26. The van der Waals surface area contributed by atoms with Crippen LogP contribution in [0.4, 0.5) is 0 Å². The summed E-state index contributed by atoms with van der Waals surface area (Å²) in [7, 11) is 0. The number of ether oxygens (including phenoxy) is 1. The summed E-state index contributed by atoms with van der Waals surface area (Å²) in [5, 5.41) is 3.18. The van der Waals surface area contributed by atoms with E-state index in [1.165, 1.54) is 0 Å². The van der Waals surface area contributed by atoms with E-state index in [1.54, 1.807) is 0 Å². The molecule has 1 fully saturated rings. The molecule has 1 aliphatic rings. The third-order valence-corrected chi connectivity index (χ3v) is 3.07. The van der Waals surface area contributed by atoms with Crippen LogP contribution >= 0.6 is 12.2 Å². The maximum atomic E-state index is 10.7. The van der Waals surface area contributed by atoms with Crippen LogP contribution in [0.5, 0.6) is 0 Å². The molecule has 1 amide bonds. The molecule has 1 rings (SSSR count). The molecule has 0 aromatic carbocycles. The van der Waals surface area contributed by atoms with Gasteiger partial charge in [-0.1, -0.05) is 19.1 Å². The number of rotatable bonds is 7. The average molecular weight is 272 g/mol. The third-order valence-electron chi connectivity index (χ3n) is 2.79. The molecule has 0 saturated carbocycles. The maximum absolute atomic E-state index is 10.7. The minimum absolute atomic E-state index is 0.0888. The predicted octanol–water partition coefficient (Wildman–Crippen LogP) is -0.0486. The molecule has 1 atom stereocenters. The third kappa shape index (κ3) is 6.88. The van der Waals surface area contributed by atoms with Crippen LogP contribution < -0.4 is 11.1 Å². The van der Waals surface area contributed by atoms with E-state index in [0.29, 0.717) is 11.4 Å². The highest BCUT2D eigenvalue weighted by Gasteiger charge is 2.11. The first-order valence-corrected chi connectivity index (χ1v) is 6.70. The van der Waals surface area contributed by atoms with Gasteiger partial charge in [0.05, 0.1) is 18.2 Å². The van der Waals surface area contributed by atoms with Crippen LogP contribution in [0, 0.1) is 12.3 Å². The van der Waals surface area contributed by atoms with E-state index in [9.17, 15) is 4.79 Å². The number of hydrogen-bond donors (Lipinski definition) is 2. The summed E-state index contributed by atoms with van der Waals surface area (Å²) in [4.78, 5) is 13.8. The van der Waals surface area contributed by atoms with E-state index >= 15 is 0 Å². The van der Waals surface area contributed by atoms with E-state index in [2.05, 4.69) is 10.2 Å². The van der Waals surface area contributed by atoms with Gasteiger partial charge in [-0.05, 0) is 5.92 Å². The molecule has 18 heavy (non-hydrogen) atoms. The normalized spacial score (nSPS) is 18.3. The van der Waals surface area contributed by atoms with Gasteiger partial charge in [-0.2, -0.15) is 0 Å². The van der Waals surface area contributed by atoms with E-state index < -0.39 is 0 Å². The van der Waals surface area contributed by atoms with Crippen molar-refractivity contribution in [3.8, 4) is 0 Å². The number of nitrogens with zero attached hydrogens (tertiary/aromatic N) is 1. The molecule has 0 aliphatic carbocycles. The van der Waals surface area contributed by atoms with Crippen LogP contribution in [-0.4, -0.2) is 55.2 Å². The predicted molar refractivity (Wildman–Crippen MR) is 75.1 cm³/mol. The molecule has 0 unspecified atom stereocenters. The topological polar surface area (TPSA) is 67.6 Å². The van der Waals surface area contributed by atoms with E-state index in [4.69, 9.17) is 22.7 Å². The minimum Gasteiger partial charge on any atom is -0.379 e. The van der Waals surface area contributed by atoms with Crippen LogP contribution in [0.25, 0.3) is 0 Å². The fourth-order valence-electron chi connectivity index (χ4n) is 1.86. The van der Waals surface area contributed by atoms with Crippen LogP contribution in [0.1, 0.15) is 13.3 Å². The largest absolute Gasteiger partial charge is 0.379 e. The molecule has 1 radical (unpaired) electrons. The number of thiocarbonyl (C=S) groups is 1. The Bertz CT molecular complexity index is 280. The van der Waals surface area contributed by atoms with Gasteiger partial charge in [-0.3, -0.25) is 9.69 Å². The van der Waals surface area contributed by atoms with Gasteiger partial charge in [0.25, 0.3) is 0 Å². The van der Waals surface area contributed by atoms with Crippen molar-refractivity contribution in [2.75, 3.05) is 39.4 Å². The van der Waals surface area contributed by atoms with Gasteiger partial charge < -0.3 is 15.8 Å². The standard InChI is InChI=1S/C12H22N3O2S/c1-10(8-11(13)16)9-12(18)14-2-3-15-4-6-17-7-5-15/h9-10H,2-8H2,1H3,(H2,13,16)(H,14,18)/t10-/m1/s1. The average Bonchev–Trinajstić information content (AvgIpc) is 2.29. The van der Waals surface area contributed by atoms with Gasteiger partial charge in [-0.25, -0.2) is 0 Å². The fraction of sp³-hybridized carbons (Fsp3) is 0.750. The second-order valence-electron chi connectivity index (χ2n) is 4.56. The Morgan fingerprint density at radius 3 is 2.83 bits per heavy atom. The van der Waals surface area contributed by atoms with Crippen LogP contribution in [0.15, 0.2) is 0 Å². The quantitative estimate of drug-likeness (QED) is 0.636. The molecule has 1 saturated heterocycles. The van der Waals surface area contributed by atoms with Gasteiger partial charge in [0.1, 0.15) is 0 Å². The number of morpholine rings is 1. The zero-order chi connectivity index (χ0) is 13.4. The molecular weight excluding hydrogens is 250 g/mol. The van der Waals surface area contributed by atoms with E-state index in [1.807, 2.05) is 13.3 Å². The van der Waals surface area contributed by atoms with Gasteiger partial charge in [0.2, 0.25) is 5.91 Å². The number of nitrogens with two attached hydrogens (primary N) is 1. The van der Waals surface area contributed by atoms with Gasteiger partial charge in [0.15, 0.2) is 0 Å². The van der Waals surface area contributed by atoms with Crippen molar-refractivity contribution in [2.24, 2.45) is 11.7 Å². The van der Waals surface area contributed by atoms with Crippen molar-refractivity contribution in [1.82, 2.24) is 10.2 Å². The number of hydrogen-bond acceptors (Lipinski definition) is 4. The Morgan fingerprint density at radius 2 is 2.22 bits per heavy atom. The van der Waals surface area contributed by atoms with Crippen molar-refractivity contribution in [3.05, 3.63) is 6.42 Å². The highest BCUT2D eigenvalue weighted by Crippen LogP contribution is 2.05. The second kappa shape index (κ2) is 8.39. The van der Waals surface area contributed by atoms with Crippen molar-refractivity contribution < 1.29 is 9.53 Å². The molecule has 103 valence electrons. The monoisotopic (exact) mass is 272 g/mol. The lowest BCUT2D eigenvalue weighted by molar-refractivity contribution is -0.118. The number of carbonyl (C=O) groups excluding carboxylic acids is 1. The first-order valence-electron chi connectivity index (χ1n) is 6.29. The lowest BCUT2D eigenvalue weighted by atomic mass is 10.0. The van der Waals surface area contributed by atoms with Gasteiger partial charge in [-0.15, -0.1) is 0 Å². The summed E-state index contributed by atoms with van der Waals surface area (Å²) in [5.41, 5.74) is 5.13. The van der Waals surface area contributed by atoms with Crippen molar-refractivity contribution in [3.63, 3.8) is 0 Å². The number of primary amides is 1.